The Morgan fingerprint density at radius 2 is 2.44 bits per heavy atom. The van der Waals surface area contributed by atoms with Crippen molar-refractivity contribution in [3.8, 4) is 0 Å². The molecule has 1 unspecified atom stereocenters. The van der Waals surface area contributed by atoms with E-state index in [1.165, 1.54) is 0 Å². The van der Waals surface area contributed by atoms with Gasteiger partial charge in [0.15, 0.2) is 11.9 Å². The average Bonchev–Trinajstić information content (AvgIpc) is 2.13. The highest BCUT2D eigenvalue weighted by Crippen LogP contribution is 2.23. The van der Waals surface area contributed by atoms with Gasteiger partial charge in [-0.2, -0.15) is 0 Å². The summed E-state index contributed by atoms with van der Waals surface area (Å²) < 4.78 is 4.69. The van der Waals surface area contributed by atoms with Gasteiger partial charge in [-0.1, -0.05) is 0 Å². The van der Waals surface area contributed by atoms with Crippen molar-refractivity contribution < 1.29 is 14.3 Å². The molecule has 0 saturated carbocycles. The number of ether oxygens (including phenoxy) is 1. The number of carbonyl (C=O) groups excluding carboxylic acids is 2. The molecule has 0 amide bonds. The zero-order valence-corrected chi connectivity index (χ0v) is 5.22. The Morgan fingerprint density at radius 1 is 1.78 bits per heavy atom. The van der Waals surface area contributed by atoms with Crippen LogP contribution in [-0.4, -0.2) is 17.9 Å². The van der Waals surface area contributed by atoms with Crippen LogP contribution in [0, 0.1) is 0 Å². The van der Waals surface area contributed by atoms with Crippen molar-refractivity contribution >= 4 is 12.3 Å². The fourth-order valence-electron chi connectivity index (χ4n) is 0.795. The summed E-state index contributed by atoms with van der Waals surface area (Å²) >= 11 is 0. The van der Waals surface area contributed by atoms with Crippen molar-refractivity contribution in [1.82, 2.24) is 0 Å². The molecule has 0 spiro atoms. The van der Waals surface area contributed by atoms with E-state index in [1.807, 2.05) is 0 Å². The summed E-state index contributed by atoms with van der Waals surface area (Å²) in [7, 11) is 0. The lowest BCUT2D eigenvalue weighted by molar-refractivity contribution is -0.150. The van der Waals surface area contributed by atoms with E-state index in [9.17, 15) is 9.59 Å². The molecule has 3 nitrogen and oxygen atoms in total. The lowest BCUT2D eigenvalue weighted by atomic mass is 10.1. The number of carbonyl (C=O) groups is 2. The van der Waals surface area contributed by atoms with Crippen LogP contribution in [0.5, 0.6) is 0 Å². The first-order valence-corrected chi connectivity index (χ1v) is 2.84. The predicted molar refractivity (Wildman–Crippen MR) is 29.8 cm³/mol. The monoisotopic (exact) mass is 128 g/mol. The van der Waals surface area contributed by atoms with Gasteiger partial charge in [0, 0.05) is 12.8 Å². The number of esters is 1. The smallest absolute Gasteiger partial charge is 0.306 e. The normalized spacial score (nSPS) is 34.1. The Labute approximate surface area is 53.0 Å². The van der Waals surface area contributed by atoms with Crippen molar-refractivity contribution in [2.24, 2.45) is 0 Å². The second kappa shape index (κ2) is 1.83. The first kappa shape index (κ1) is 6.26. The van der Waals surface area contributed by atoms with Gasteiger partial charge in [0.2, 0.25) is 0 Å². The van der Waals surface area contributed by atoms with Crippen LogP contribution < -0.4 is 0 Å². The van der Waals surface area contributed by atoms with Crippen LogP contribution in [0.25, 0.3) is 0 Å². The van der Waals surface area contributed by atoms with Crippen molar-refractivity contribution in [2.75, 3.05) is 0 Å². The summed E-state index contributed by atoms with van der Waals surface area (Å²) in [5.41, 5.74) is -0.822. The Morgan fingerprint density at radius 3 is 2.67 bits per heavy atom. The maximum atomic E-state index is 10.4. The van der Waals surface area contributed by atoms with E-state index >= 15 is 0 Å². The number of hydrogen-bond acceptors (Lipinski definition) is 3. The Bertz CT molecular complexity index is 152. The highest BCUT2D eigenvalue weighted by molar-refractivity contribution is 5.78. The molecule has 1 atom stereocenters. The zero-order valence-electron chi connectivity index (χ0n) is 5.22. The Balaban J connectivity index is 2.65. The molecule has 0 aromatic carbocycles. The molecule has 0 aromatic rings. The minimum Gasteiger partial charge on any atom is -0.452 e. The van der Waals surface area contributed by atoms with Crippen molar-refractivity contribution in [2.45, 2.75) is 25.4 Å². The third kappa shape index (κ3) is 1.09. The van der Waals surface area contributed by atoms with E-state index in [2.05, 4.69) is 0 Å². The fraction of sp³-hybridized carbons (Fsp3) is 0.667. The molecule has 0 aromatic heterocycles. The second-order valence-corrected chi connectivity index (χ2v) is 2.40. The molecule has 1 heterocycles. The lowest BCUT2D eigenvalue weighted by Gasteiger charge is -2.12. The van der Waals surface area contributed by atoms with Crippen molar-refractivity contribution in [1.29, 1.82) is 0 Å². The second-order valence-electron chi connectivity index (χ2n) is 2.40. The van der Waals surface area contributed by atoms with Crippen LogP contribution in [0.1, 0.15) is 19.8 Å². The van der Waals surface area contributed by atoms with Gasteiger partial charge in [0.25, 0.3) is 0 Å². The number of hydrogen-bond donors (Lipinski definition) is 0. The first-order valence-electron chi connectivity index (χ1n) is 2.84. The van der Waals surface area contributed by atoms with Gasteiger partial charge >= 0.3 is 5.97 Å². The largest absolute Gasteiger partial charge is 0.452 e. The molecule has 1 saturated heterocycles. The van der Waals surface area contributed by atoms with E-state index < -0.39 is 5.60 Å². The van der Waals surface area contributed by atoms with Crippen molar-refractivity contribution in [3.05, 3.63) is 0 Å². The fourth-order valence-corrected chi connectivity index (χ4v) is 0.795. The molecule has 0 bridgehead atoms. The van der Waals surface area contributed by atoms with Gasteiger partial charge in [-0.3, -0.25) is 9.59 Å². The maximum absolute atomic E-state index is 10.4. The summed E-state index contributed by atoms with van der Waals surface area (Å²) in [6.07, 6.45) is 1.57. The van der Waals surface area contributed by atoms with Gasteiger partial charge in [-0.15, -0.1) is 0 Å². The van der Waals surface area contributed by atoms with E-state index in [-0.39, 0.29) is 5.97 Å². The van der Waals surface area contributed by atoms with Crippen LogP contribution in [0.15, 0.2) is 0 Å². The van der Waals surface area contributed by atoms with E-state index in [0.717, 1.165) is 0 Å². The molecule has 50 valence electrons. The van der Waals surface area contributed by atoms with Gasteiger partial charge < -0.3 is 4.74 Å². The molecular formula is C6H8O3. The molecule has 3 heteroatoms. The zero-order chi connectivity index (χ0) is 6.91. The van der Waals surface area contributed by atoms with E-state index in [4.69, 9.17) is 4.74 Å². The molecule has 0 radical (unpaired) electrons. The van der Waals surface area contributed by atoms with E-state index in [1.54, 1.807) is 6.92 Å². The minimum absolute atomic E-state index is 0.274. The number of cyclic esters (lactones) is 1. The predicted octanol–water partition coefficient (Wildman–Crippen LogP) is 0.281. The molecule has 1 aliphatic rings. The minimum atomic E-state index is -0.822. The van der Waals surface area contributed by atoms with Crippen LogP contribution >= 0.6 is 0 Å². The van der Waals surface area contributed by atoms with Gasteiger partial charge in [-0.25, -0.2) is 0 Å². The molecule has 0 N–H and O–H groups in total. The Hall–Kier alpha value is -0.860. The maximum Gasteiger partial charge on any atom is 0.306 e. The summed E-state index contributed by atoms with van der Waals surface area (Å²) in [6, 6.07) is 0. The summed E-state index contributed by atoms with van der Waals surface area (Å²) in [4.78, 5) is 20.6. The van der Waals surface area contributed by atoms with Crippen LogP contribution in [-0.2, 0) is 14.3 Å². The molecule has 9 heavy (non-hydrogen) atoms. The Kier molecular flexibility index (Phi) is 1.27. The standard InChI is InChI=1S/C6H8O3/c1-6(4-7)3-2-5(8)9-6/h4H,2-3H2,1H3. The quantitative estimate of drug-likeness (QED) is 0.376. The summed E-state index contributed by atoms with van der Waals surface area (Å²) in [5, 5.41) is 0. The number of aldehydes is 1. The SMILES string of the molecule is CC1(C=O)CCC(=O)O1. The molecule has 0 aliphatic carbocycles. The topological polar surface area (TPSA) is 43.4 Å². The third-order valence-corrected chi connectivity index (χ3v) is 1.42. The molecule has 1 aliphatic heterocycles. The molecule has 1 fully saturated rings. The summed E-state index contributed by atoms with van der Waals surface area (Å²) in [5.74, 6) is -0.274. The summed E-state index contributed by atoms with van der Waals surface area (Å²) in [6.45, 7) is 1.62. The highest BCUT2D eigenvalue weighted by atomic mass is 16.6. The van der Waals surface area contributed by atoms with Gasteiger partial charge in [-0.05, 0) is 6.92 Å². The van der Waals surface area contributed by atoms with Crippen LogP contribution in [0.3, 0.4) is 0 Å². The molecule has 1 rings (SSSR count). The van der Waals surface area contributed by atoms with Crippen LogP contribution in [0.4, 0.5) is 0 Å². The lowest BCUT2D eigenvalue weighted by Crippen LogP contribution is -2.25. The average molecular weight is 128 g/mol. The highest BCUT2D eigenvalue weighted by Gasteiger charge is 2.34. The molecular weight excluding hydrogens is 120 g/mol. The van der Waals surface area contributed by atoms with E-state index in [0.29, 0.717) is 19.1 Å². The third-order valence-electron chi connectivity index (χ3n) is 1.42. The van der Waals surface area contributed by atoms with Crippen LogP contribution in [0.2, 0.25) is 0 Å². The van der Waals surface area contributed by atoms with Crippen molar-refractivity contribution in [3.63, 3.8) is 0 Å². The van der Waals surface area contributed by atoms with Gasteiger partial charge in [0.05, 0.1) is 0 Å². The van der Waals surface area contributed by atoms with Gasteiger partial charge in [0.1, 0.15) is 0 Å². The first-order chi connectivity index (χ1) is 4.16. The number of rotatable bonds is 1.